The van der Waals surface area contributed by atoms with Crippen molar-refractivity contribution in [3.63, 3.8) is 0 Å². The van der Waals surface area contributed by atoms with Crippen LogP contribution in [0.15, 0.2) is 243 Å². The minimum absolute atomic E-state index is 0.446. The van der Waals surface area contributed by atoms with E-state index in [1.807, 2.05) is 24.3 Å². The number of benzene rings is 8. The van der Waals surface area contributed by atoms with Gasteiger partial charge in [-0.2, -0.15) is 0 Å². The van der Waals surface area contributed by atoms with Gasteiger partial charge < -0.3 is 0 Å². The quantitative estimate of drug-likeness (QED) is 0.110. The minimum atomic E-state index is -1.88. The van der Waals surface area contributed by atoms with Gasteiger partial charge in [0.25, 0.3) is 0 Å². The molecule has 0 saturated carbocycles. The van der Waals surface area contributed by atoms with Crippen LogP contribution < -0.4 is 31.8 Å². The molecule has 1 aliphatic carbocycles. The van der Waals surface area contributed by atoms with Gasteiger partial charge in [-0.3, -0.25) is 0 Å². The zero-order chi connectivity index (χ0) is 38.4. The number of fused-ring (bicyclic) bond motifs is 1. The summed E-state index contributed by atoms with van der Waals surface area (Å²) in [5, 5.41) is 8.39. The van der Waals surface area contributed by atoms with Crippen molar-refractivity contribution in [3.05, 3.63) is 259 Å². The van der Waals surface area contributed by atoms with E-state index in [-0.39, 0.29) is 0 Å². The van der Waals surface area contributed by atoms with Gasteiger partial charge in [-0.1, -0.05) is 182 Å². The first-order valence-corrected chi connectivity index (χ1v) is 26.3. The normalized spacial score (nSPS) is 11.8. The van der Waals surface area contributed by atoms with E-state index in [9.17, 15) is 0 Å². The maximum Gasteiger partial charge on any atom is -0.0134 e. The largest absolute Gasteiger partial charge is 0.0622 e. The van der Waals surface area contributed by atoms with Crippen LogP contribution in [0.1, 0.15) is 16.7 Å². The maximum absolute atomic E-state index is 6.19. The molecule has 0 unspecified atom stereocenters. The Morgan fingerprint density at radius 2 is 0.536 bits per heavy atom. The number of halogens is 2. The fraction of sp³-hybridized carbons (Fsp3) is 0. The number of allylic oxidation sites excluding steroid dienone is 1. The fourth-order valence-corrected chi connectivity index (χ4v) is 13.6. The van der Waals surface area contributed by atoms with Crippen molar-refractivity contribution >= 4 is 76.7 Å². The second-order valence-corrected chi connectivity index (χ2v) is 22.9. The molecule has 276 valence electrons. The van der Waals surface area contributed by atoms with Crippen LogP contribution in [0.3, 0.4) is 0 Å². The fourth-order valence-electron chi connectivity index (χ4n) is 6.52. The van der Waals surface area contributed by atoms with Crippen LogP contribution in [0.25, 0.3) is 5.57 Å². The summed E-state index contributed by atoms with van der Waals surface area (Å²) in [4.78, 5) is 0. The second-order valence-electron chi connectivity index (χ2n) is 12.7. The molecule has 0 aliphatic heterocycles. The zero-order valence-electron chi connectivity index (χ0n) is 30.6. The smallest absolute Gasteiger partial charge is 0.0134 e. The Morgan fingerprint density at radius 3 is 0.821 bits per heavy atom. The summed E-state index contributed by atoms with van der Waals surface area (Å²) in [5.74, 6) is 0. The standard InChI is InChI=1S/2C18H15P.C15H10.2ClH.Ru/c2*1-4-10-16(11-5-1)19(17-12-6-2-7-13-17)18-14-8-3-9-15-18;1-2-6-12(7-3-1)15-11-10-13-8-4-5-9-14(13)15;;;/h2*1-15H;1-9,11H;2*1H;/q;;;;;+2/p-2. The third-order valence-electron chi connectivity index (χ3n) is 9.05. The van der Waals surface area contributed by atoms with Gasteiger partial charge >= 0.3 is 120 Å². The molecular formula is C51H40Cl2P2Ru. The van der Waals surface area contributed by atoms with Crippen molar-refractivity contribution in [1.82, 2.24) is 0 Å². The van der Waals surface area contributed by atoms with Crippen LogP contribution >= 0.6 is 35.2 Å². The van der Waals surface area contributed by atoms with Crippen LogP contribution in [0, 0.1) is 0 Å². The third-order valence-corrected chi connectivity index (χ3v) is 17.1. The first-order chi connectivity index (χ1) is 27.7. The Bertz CT molecular complexity index is 2150. The molecule has 8 aromatic carbocycles. The van der Waals surface area contributed by atoms with Crippen molar-refractivity contribution < 1.29 is 13.5 Å². The molecule has 0 heterocycles. The molecule has 0 radical (unpaired) electrons. The van der Waals surface area contributed by atoms with Gasteiger partial charge in [-0.15, -0.1) is 0 Å². The Labute approximate surface area is 347 Å². The molecule has 0 atom stereocenters. The third kappa shape index (κ3) is 10.2. The first-order valence-electron chi connectivity index (χ1n) is 18.3. The van der Waals surface area contributed by atoms with E-state index in [0.717, 1.165) is 4.11 Å². The summed E-state index contributed by atoms with van der Waals surface area (Å²) in [5.41, 5.74) is 4.86. The average Bonchev–Trinajstić information content (AvgIpc) is 3.67. The van der Waals surface area contributed by atoms with E-state index in [1.54, 1.807) is 0 Å². The van der Waals surface area contributed by atoms with Gasteiger partial charge in [0, 0.05) is 0 Å². The SMILES string of the molecule is [Cl][Ru]([Cl])=[C]1C=C(c2ccccc2)c2ccccc21.c1ccc(P(c2ccccc2)c2ccccc2)cc1.c1ccc(P(c2ccccc2)c2ccccc2)cc1. The van der Waals surface area contributed by atoms with Gasteiger partial charge in [0.05, 0.1) is 0 Å². The molecule has 0 bridgehead atoms. The van der Waals surface area contributed by atoms with E-state index in [1.165, 1.54) is 54.1 Å². The summed E-state index contributed by atoms with van der Waals surface area (Å²) >= 11 is -1.88. The summed E-state index contributed by atoms with van der Waals surface area (Å²) in [6.07, 6.45) is 2.15. The summed E-state index contributed by atoms with van der Waals surface area (Å²) in [6, 6.07) is 83.3. The van der Waals surface area contributed by atoms with Crippen molar-refractivity contribution in [1.29, 1.82) is 0 Å². The molecule has 5 heteroatoms. The van der Waals surface area contributed by atoms with Crippen molar-refractivity contribution in [2.75, 3.05) is 0 Å². The van der Waals surface area contributed by atoms with Gasteiger partial charge in [-0.25, -0.2) is 0 Å². The molecule has 0 nitrogen and oxygen atoms in total. The molecule has 0 saturated heterocycles. The van der Waals surface area contributed by atoms with E-state index in [4.69, 9.17) is 19.4 Å². The minimum Gasteiger partial charge on any atom is -0.0622 e. The van der Waals surface area contributed by atoms with Crippen LogP contribution in [-0.2, 0) is 13.5 Å². The monoisotopic (exact) mass is 886 g/mol. The molecule has 56 heavy (non-hydrogen) atoms. The van der Waals surface area contributed by atoms with Gasteiger partial charge in [0.15, 0.2) is 0 Å². The van der Waals surface area contributed by atoms with Gasteiger partial charge in [-0.05, 0) is 47.7 Å². The topological polar surface area (TPSA) is 0 Å². The van der Waals surface area contributed by atoms with Crippen LogP contribution in [0.4, 0.5) is 0 Å². The average molecular weight is 887 g/mol. The predicted octanol–water partition coefficient (Wildman–Crippen LogP) is 11.5. The molecule has 8 aromatic rings. The molecule has 0 N–H and O–H groups in total. The van der Waals surface area contributed by atoms with Gasteiger partial charge in [0.2, 0.25) is 0 Å². The van der Waals surface area contributed by atoms with E-state index < -0.39 is 29.4 Å². The molecular weight excluding hydrogens is 846 g/mol. The van der Waals surface area contributed by atoms with Crippen LogP contribution in [0.5, 0.6) is 0 Å². The molecule has 0 aromatic heterocycles. The Balaban J connectivity index is 0.000000129. The van der Waals surface area contributed by atoms with E-state index in [0.29, 0.717) is 0 Å². The Morgan fingerprint density at radius 1 is 0.286 bits per heavy atom. The molecule has 1 aliphatic rings. The maximum atomic E-state index is 6.19. The predicted molar refractivity (Wildman–Crippen MR) is 246 cm³/mol. The summed E-state index contributed by atoms with van der Waals surface area (Å²) < 4.78 is 1.12. The summed E-state index contributed by atoms with van der Waals surface area (Å²) in [6.45, 7) is 0. The van der Waals surface area contributed by atoms with Crippen LogP contribution in [-0.4, -0.2) is 4.11 Å². The zero-order valence-corrected chi connectivity index (χ0v) is 35.6. The summed E-state index contributed by atoms with van der Waals surface area (Å²) in [7, 11) is 11.5. The number of hydrogen-bond acceptors (Lipinski definition) is 0. The van der Waals surface area contributed by atoms with Crippen molar-refractivity contribution in [2.24, 2.45) is 0 Å². The first kappa shape index (κ1) is 39.7. The van der Waals surface area contributed by atoms with E-state index >= 15 is 0 Å². The van der Waals surface area contributed by atoms with Crippen molar-refractivity contribution in [3.8, 4) is 0 Å². The Kier molecular flexibility index (Phi) is 14.6. The number of hydrogen-bond donors (Lipinski definition) is 0. The molecule has 0 amide bonds. The number of rotatable bonds is 7. The van der Waals surface area contributed by atoms with Gasteiger partial charge in [0.1, 0.15) is 0 Å². The molecule has 9 rings (SSSR count). The van der Waals surface area contributed by atoms with Crippen LogP contribution in [0.2, 0.25) is 0 Å². The van der Waals surface area contributed by atoms with E-state index in [2.05, 4.69) is 218 Å². The molecule has 0 fully saturated rings. The second kappa shape index (κ2) is 20.6. The van der Waals surface area contributed by atoms with Crippen molar-refractivity contribution in [2.45, 2.75) is 0 Å². The Hall–Kier alpha value is -4.57. The molecule has 0 spiro atoms.